The van der Waals surface area contributed by atoms with E-state index in [2.05, 4.69) is 0 Å². The highest BCUT2D eigenvalue weighted by molar-refractivity contribution is 5.83. The zero-order valence-electron chi connectivity index (χ0n) is 10.0. The Morgan fingerprint density at radius 1 is 1.47 bits per heavy atom. The Labute approximate surface area is 101 Å². The van der Waals surface area contributed by atoms with E-state index in [-0.39, 0.29) is 12.0 Å². The number of nitrogens with two attached hydrogens (primary N) is 1. The molecule has 0 bridgehead atoms. The number of ether oxygens (including phenoxy) is 1. The number of rotatable bonds is 2. The largest absolute Gasteiger partial charge is 0.375 e. The van der Waals surface area contributed by atoms with E-state index in [1.165, 1.54) is 0 Å². The number of carbonyl (C=O) groups is 1. The third-order valence-corrected chi connectivity index (χ3v) is 2.98. The van der Waals surface area contributed by atoms with Crippen molar-refractivity contribution in [2.75, 3.05) is 19.7 Å². The van der Waals surface area contributed by atoms with E-state index in [0.29, 0.717) is 19.7 Å². The minimum atomic E-state index is -0.568. The van der Waals surface area contributed by atoms with Crippen molar-refractivity contribution in [3.63, 3.8) is 0 Å². The summed E-state index contributed by atoms with van der Waals surface area (Å²) in [6.07, 6.45) is 0.0932. The first kappa shape index (κ1) is 12.1. The molecule has 2 atom stereocenters. The van der Waals surface area contributed by atoms with E-state index >= 15 is 0 Å². The van der Waals surface area contributed by atoms with Crippen LogP contribution in [-0.2, 0) is 9.53 Å². The first-order chi connectivity index (χ1) is 8.18. The number of morpholine rings is 1. The third kappa shape index (κ3) is 2.84. The number of carbonyl (C=O) groups excluding carboxylic acids is 1. The SMILES string of the molecule is C[C@H]1CN(C(=O)[C@H](N)c2ccccc2)CCO1. The van der Waals surface area contributed by atoms with Gasteiger partial charge in [-0.15, -0.1) is 0 Å². The van der Waals surface area contributed by atoms with Gasteiger partial charge in [-0.1, -0.05) is 30.3 Å². The number of amides is 1. The molecule has 0 aromatic heterocycles. The van der Waals surface area contributed by atoms with Crippen molar-refractivity contribution in [3.8, 4) is 0 Å². The average molecular weight is 234 g/mol. The minimum Gasteiger partial charge on any atom is -0.375 e. The van der Waals surface area contributed by atoms with Crippen LogP contribution in [-0.4, -0.2) is 36.6 Å². The summed E-state index contributed by atoms with van der Waals surface area (Å²) in [5.41, 5.74) is 6.84. The zero-order chi connectivity index (χ0) is 12.3. The van der Waals surface area contributed by atoms with Crippen LogP contribution < -0.4 is 5.73 Å². The second-order valence-corrected chi connectivity index (χ2v) is 4.35. The van der Waals surface area contributed by atoms with Gasteiger partial charge in [0.2, 0.25) is 5.91 Å². The number of hydrogen-bond acceptors (Lipinski definition) is 3. The number of hydrogen-bond donors (Lipinski definition) is 1. The van der Waals surface area contributed by atoms with Gasteiger partial charge in [0.15, 0.2) is 0 Å². The normalized spacial score (nSPS) is 22.2. The van der Waals surface area contributed by atoms with Crippen LogP contribution in [0.5, 0.6) is 0 Å². The van der Waals surface area contributed by atoms with Crippen LogP contribution in [0.3, 0.4) is 0 Å². The average Bonchev–Trinajstić information content (AvgIpc) is 2.38. The van der Waals surface area contributed by atoms with Gasteiger partial charge in [0.25, 0.3) is 0 Å². The highest BCUT2D eigenvalue weighted by Crippen LogP contribution is 2.15. The lowest BCUT2D eigenvalue weighted by molar-refractivity contribution is -0.139. The Balaban J connectivity index is 2.04. The molecule has 2 rings (SSSR count). The molecule has 4 heteroatoms. The van der Waals surface area contributed by atoms with Gasteiger partial charge in [-0.2, -0.15) is 0 Å². The van der Waals surface area contributed by atoms with Crippen LogP contribution in [0.2, 0.25) is 0 Å². The molecule has 0 saturated carbocycles. The van der Waals surface area contributed by atoms with Crippen LogP contribution in [0.1, 0.15) is 18.5 Å². The molecule has 17 heavy (non-hydrogen) atoms. The summed E-state index contributed by atoms with van der Waals surface area (Å²) in [6, 6.07) is 8.90. The molecule has 1 fully saturated rings. The quantitative estimate of drug-likeness (QED) is 0.828. The molecule has 4 nitrogen and oxygen atoms in total. The molecule has 2 N–H and O–H groups in total. The zero-order valence-corrected chi connectivity index (χ0v) is 10.0. The molecule has 1 aromatic carbocycles. The van der Waals surface area contributed by atoms with Crippen molar-refractivity contribution in [3.05, 3.63) is 35.9 Å². The molecule has 0 unspecified atom stereocenters. The molecular formula is C13H18N2O2. The topological polar surface area (TPSA) is 55.6 Å². The second-order valence-electron chi connectivity index (χ2n) is 4.35. The molecular weight excluding hydrogens is 216 g/mol. The number of nitrogens with zero attached hydrogens (tertiary/aromatic N) is 1. The van der Waals surface area contributed by atoms with Gasteiger partial charge in [-0.05, 0) is 12.5 Å². The fourth-order valence-corrected chi connectivity index (χ4v) is 2.02. The molecule has 1 heterocycles. The Hall–Kier alpha value is -1.39. The van der Waals surface area contributed by atoms with Gasteiger partial charge in [0.05, 0.1) is 12.7 Å². The first-order valence-corrected chi connectivity index (χ1v) is 5.89. The molecule has 92 valence electrons. The van der Waals surface area contributed by atoms with Crippen LogP contribution >= 0.6 is 0 Å². The van der Waals surface area contributed by atoms with Gasteiger partial charge in [0, 0.05) is 13.1 Å². The molecule has 0 radical (unpaired) electrons. The summed E-state index contributed by atoms with van der Waals surface area (Å²) >= 11 is 0. The number of benzene rings is 1. The van der Waals surface area contributed by atoms with Crippen LogP contribution in [0, 0.1) is 0 Å². The Kier molecular flexibility index (Phi) is 3.76. The molecule has 1 aromatic rings. The summed E-state index contributed by atoms with van der Waals surface area (Å²) < 4.78 is 5.41. The smallest absolute Gasteiger partial charge is 0.244 e. The van der Waals surface area contributed by atoms with Crippen LogP contribution in [0.15, 0.2) is 30.3 Å². The highest BCUT2D eigenvalue weighted by Gasteiger charge is 2.26. The second kappa shape index (κ2) is 5.29. The fourth-order valence-electron chi connectivity index (χ4n) is 2.02. The molecule has 0 aliphatic carbocycles. The van der Waals surface area contributed by atoms with Gasteiger partial charge in [-0.25, -0.2) is 0 Å². The van der Waals surface area contributed by atoms with Gasteiger partial charge in [0.1, 0.15) is 6.04 Å². The monoisotopic (exact) mass is 234 g/mol. The summed E-state index contributed by atoms with van der Waals surface area (Å²) in [6.45, 7) is 3.81. The summed E-state index contributed by atoms with van der Waals surface area (Å²) in [5, 5.41) is 0. The highest BCUT2D eigenvalue weighted by atomic mass is 16.5. The van der Waals surface area contributed by atoms with Crippen LogP contribution in [0.4, 0.5) is 0 Å². The lowest BCUT2D eigenvalue weighted by atomic mass is 10.1. The van der Waals surface area contributed by atoms with E-state index in [0.717, 1.165) is 5.56 Å². The van der Waals surface area contributed by atoms with Crippen molar-refractivity contribution in [1.29, 1.82) is 0 Å². The van der Waals surface area contributed by atoms with Crippen molar-refractivity contribution in [2.45, 2.75) is 19.1 Å². The first-order valence-electron chi connectivity index (χ1n) is 5.89. The van der Waals surface area contributed by atoms with E-state index in [9.17, 15) is 4.79 Å². The predicted octanol–water partition coefficient (Wildman–Crippen LogP) is 0.934. The maximum atomic E-state index is 12.2. The maximum Gasteiger partial charge on any atom is 0.244 e. The van der Waals surface area contributed by atoms with Gasteiger partial charge in [-0.3, -0.25) is 4.79 Å². The van der Waals surface area contributed by atoms with Gasteiger partial charge < -0.3 is 15.4 Å². The third-order valence-electron chi connectivity index (χ3n) is 2.98. The molecule has 1 aliphatic rings. The lowest BCUT2D eigenvalue weighted by Gasteiger charge is -2.32. The fraction of sp³-hybridized carbons (Fsp3) is 0.462. The van der Waals surface area contributed by atoms with Crippen molar-refractivity contribution >= 4 is 5.91 Å². The van der Waals surface area contributed by atoms with Crippen molar-refractivity contribution in [1.82, 2.24) is 4.90 Å². The van der Waals surface area contributed by atoms with Gasteiger partial charge >= 0.3 is 0 Å². The lowest BCUT2D eigenvalue weighted by Crippen LogP contribution is -2.47. The Bertz CT molecular complexity index is 380. The molecule has 1 saturated heterocycles. The predicted molar refractivity (Wildman–Crippen MR) is 65.4 cm³/mol. The van der Waals surface area contributed by atoms with Crippen molar-refractivity contribution in [2.24, 2.45) is 5.73 Å². The van der Waals surface area contributed by atoms with Crippen LogP contribution in [0.25, 0.3) is 0 Å². The Morgan fingerprint density at radius 3 is 2.82 bits per heavy atom. The molecule has 0 spiro atoms. The Morgan fingerprint density at radius 2 is 2.18 bits per heavy atom. The van der Waals surface area contributed by atoms with E-state index < -0.39 is 6.04 Å². The minimum absolute atomic E-state index is 0.0219. The maximum absolute atomic E-state index is 12.2. The van der Waals surface area contributed by atoms with Crippen molar-refractivity contribution < 1.29 is 9.53 Å². The summed E-state index contributed by atoms with van der Waals surface area (Å²) in [4.78, 5) is 14.0. The van der Waals surface area contributed by atoms with E-state index in [4.69, 9.17) is 10.5 Å². The summed E-state index contributed by atoms with van der Waals surface area (Å²) in [7, 11) is 0. The summed E-state index contributed by atoms with van der Waals surface area (Å²) in [5.74, 6) is -0.0219. The molecule has 1 amide bonds. The van der Waals surface area contributed by atoms with E-state index in [1.807, 2.05) is 37.3 Å². The van der Waals surface area contributed by atoms with E-state index in [1.54, 1.807) is 4.90 Å². The standard InChI is InChI=1S/C13H18N2O2/c1-10-9-15(7-8-17-10)13(16)12(14)11-5-3-2-4-6-11/h2-6,10,12H,7-9,14H2,1H3/t10-,12+/m0/s1. The molecule has 1 aliphatic heterocycles.